The van der Waals surface area contributed by atoms with Gasteiger partial charge < -0.3 is 10.1 Å². The van der Waals surface area contributed by atoms with E-state index in [4.69, 9.17) is 10.00 Å². The van der Waals surface area contributed by atoms with E-state index in [2.05, 4.69) is 10.3 Å². The Morgan fingerprint density at radius 1 is 1.30 bits per heavy atom. The highest BCUT2D eigenvalue weighted by Crippen LogP contribution is 2.18. The summed E-state index contributed by atoms with van der Waals surface area (Å²) in [6, 6.07) is 13.3. The lowest BCUT2D eigenvalue weighted by Crippen LogP contribution is -2.28. The normalized spacial score (nSPS) is 11.2. The number of amides is 1. The van der Waals surface area contributed by atoms with Crippen molar-refractivity contribution in [2.45, 2.75) is 6.04 Å². The van der Waals surface area contributed by atoms with E-state index in [1.807, 2.05) is 6.07 Å². The highest BCUT2D eigenvalue weighted by atomic mass is 16.5. The Bertz CT molecular complexity index is 635. The van der Waals surface area contributed by atoms with E-state index in [0.29, 0.717) is 17.0 Å². The van der Waals surface area contributed by atoms with Gasteiger partial charge in [-0.05, 0) is 24.3 Å². The SMILES string of the molecule is COc1ccccc1C(=O)NC(C#N)c1ccccn1. The standard InChI is InChI=1S/C15H13N3O2/c1-20-14-8-3-2-6-11(14)15(19)18-13(10-16)12-7-4-5-9-17-12/h2-9,13H,1H3,(H,18,19). The van der Waals surface area contributed by atoms with Gasteiger partial charge in [0.15, 0.2) is 6.04 Å². The number of nitriles is 1. The Kier molecular flexibility index (Phi) is 4.30. The molecule has 1 heterocycles. The van der Waals surface area contributed by atoms with E-state index in [1.54, 1.807) is 48.7 Å². The van der Waals surface area contributed by atoms with Crippen LogP contribution in [0.2, 0.25) is 0 Å². The molecule has 0 radical (unpaired) electrons. The molecule has 0 spiro atoms. The third-order valence-electron chi connectivity index (χ3n) is 2.74. The lowest BCUT2D eigenvalue weighted by Gasteiger charge is -2.12. The topological polar surface area (TPSA) is 75.0 Å². The molecule has 0 fully saturated rings. The molecule has 1 unspecified atom stereocenters. The summed E-state index contributed by atoms with van der Waals surface area (Å²) in [4.78, 5) is 16.3. The summed E-state index contributed by atoms with van der Waals surface area (Å²) in [5.41, 5.74) is 0.879. The molecular weight excluding hydrogens is 254 g/mol. The van der Waals surface area contributed by atoms with Crippen molar-refractivity contribution < 1.29 is 9.53 Å². The number of nitrogens with one attached hydrogen (secondary N) is 1. The van der Waals surface area contributed by atoms with Crippen LogP contribution >= 0.6 is 0 Å². The number of pyridine rings is 1. The molecule has 2 aromatic rings. The van der Waals surface area contributed by atoms with E-state index in [0.717, 1.165) is 0 Å². The molecule has 1 aromatic carbocycles. The fourth-order valence-corrected chi connectivity index (χ4v) is 1.76. The van der Waals surface area contributed by atoms with Gasteiger partial charge >= 0.3 is 0 Å². The van der Waals surface area contributed by atoms with Gasteiger partial charge in [-0.2, -0.15) is 5.26 Å². The van der Waals surface area contributed by atoms with Gasteiger partial charge in [-0.15, -0.1) is 0 Å². The molecule has 1 amide bonds. The first-order chi connectivity index (χ1) is 9.76. The second-order valence-corrected chi connectivity index (χ2v) is 3.99. The maximum Gasteiger partial charge on any atom is 0.256 e. The molecule has 0 saturated carbocycles. The van der Waals surface area contributed by atoms with Crippen molar-refractivity contribution in [3.8, 4) is 11.8 Å². The van der Waals surface area contributed by atoms with Gasteiger partial charge in [0, 0.05) is 6.20 Å². The number of carbonyl (C=O) groups is 1. The number of rotatable bonds is 4. The zero-order chi connectivity index (χ0) is 14.4. The number of benzene rings is 1. The largest absolute Gasteiger partial charge is 0.496 e. The van der Waals surface area contributed by atoms with Crippen LogP contribution in [0.4, 0.5) is 0 Å². The average molecular weight is 267 g/mol. The van der Waals surface area contributed by atoms with Crippen LogP contribution in [0.5, 0.6) is 5.75 Å². The monoisotopic (exact) mass is 267 g/mol. The quantitative estimate of drug-likeness (QED) is 0.920. The van der Waals surface area contributed by atoms with Gasteiger partial charge in [-0.25, -0.2) is 0 Å². The first kappa shape index (κ1) is 13.6. The van der Waals surface area contributed by atoms with Crippen molar-refractivity contribution in [3.05, 3.63) is 59.9 Å². The minimum absolute atomic E-state index is 0.375. The number of ether oxygens (including phenoxy) is 1. The number of hydrogen-bond acceptors (Lipinski definition) is 4. The summed E-state index contributed by atoms with van der Waals surface area (Å²) in [6.45, 7) is 0. The molecule has 2 rings (SSSR count). The van der Waals surface area contributed by atoms with Crippen LogP contribution in [0.15, 0.2) is 48.7 Å². The van der Waals surface area contributed by atoms with Crippen LogP contribution in [0, 0.1) is 11.3 Å². The lowest BCUT2D eigenvalue weighted by molar-refractivity contribution is 0.0941. The van der Waals surface area contributed by atoms with Crippen LogP contribution in [0.3, 0.4) is 0 Å². The van der Waals surface area contributed by atoms with Crippen LogP contribution in [-0.2, 0) is 0 Å². The highest BCUT2D eigenvalue weighted by molar-refractivity contribution is 5.97. The lowest BCUT2D eigenvalue weighted by atomic mass is 10.1. The van der Waals surface area contributed by atoms with Crippen molar-refractivity contribution in [1.29, 1.82) is 5.26 Å². The number of aromatic nitrogens is 1. The Labute approximate surface area is 116 Å². The maximum atomic E-state index is 12.2. The molecule has 0 aliphatic carbocycles. The number of nitrogens with zero attached hydrogens (tertiary/aromatic N) is 2. The van der Waals surface area contributed by atoms with Gasteiger partial charge in [0.05, 0.1) is 24.4 Å². The number of para-hydroxylation sites is 1. The zero-order valence-electron chi connectivity index (χ0n) is 10.9. The predicted molar refractivity (Wildman–Crippen MR) is 73.1 cm³/mol. The molecule has 5 heteroatoms. The van der Waals surface area contributed by atoms with E-state index in [1.165, 1.54) is 7.11 Å². The molecule has 20 heavy (non-hydrogen) atoms. The molecule has 5 nitrogen and oxygen atoms in total. The molecule has 0 bridgehead atoms. The first-order valence-corrected chi connectivity index (χ1v) is 6.00. The summed E-state index contributed by atoms with van der Waals surface area (Å²) in [5, 5.41) is 11.8. The fraction of sp³-hybridized carbons (Fsp3) is 0.133. The smallest absolute Gasteiger partial charge is 0.256 e. The second kappa shape index (κ2) is 6.34. The van der Waals surface area contributed by atoms with E-state index >= 15 is 0 Å². The third-order valence-corrected chi connectivity index (χ3v) is 2.74. The summed E-state index contributed by atoms with van der Waals surface area (Å²) in [6.07, 6.45) is 1.58. The van der Waals surface area contributed by atoms with Crippen molar-refractivity contribution in [2.24, 2.45) is 0 Å². The third kappa shape index (κ3) is 2.93. The van der Waals surface area contributed by atoms with Crippen molar-refractivity contribution in [3.63, 3.8) is 0 Å². The van der Waals surface area contributed by atoms with Crippen LogP contribution in [-0.4, -0.2) is 18.0 Å². The maximum absolute atomic E-state index is 12.2. The van der Waals surface area contributed by atoms with Crippen molar-refractivity contribution in [1.82, 2.24) is 10.3 Å². The Morgan fingerprint density at radius 3 is 2.70 bits per heavy atom. The van der Waals surface area contributed by atoms with Crippen LogP contribution < -0.4 is 10.1 Å². The summed E-state index contributed by atoms with van der Waals surface area (Å²) >= 11 is 0. The predicted octanol–water partition coefficient (Wildman–Crippen LogP) is 2.08. The summed E-state index contributed by atoms with van der Waals surface area (Å²) in [5.74, 6) is 0.0855. The zero-order valence-corrected chi connectivity index (χ0v) is 10.9. The Morgan fingerprint density at radius 2 is 2.05 bits per heavy atom. The molecule has 1 aromatic heterocycles. The molecule has 1 N–H and O–H groups in total. The van der Waals surface area contributed by atoms with Gasteiger partial charge in [-0.3, -0.25) is 9.78 Å². The molecule has 0 aliphatic heterocycles. The van der Waals surface area contributed by atoms with Crippen LogP contribution in [0.25, 0.3) is 0 Å². The summed E-state index contributed by atoms with van der Waals surface area (Å²) < 4.78 is 5.13. The molecule has 0 saturated heterocycles. The average Bonchev–Trinajstić information content (AvgIpc) is 2.53. The molecule has 100 valence electrons. The van der Waals surface area contributed by atoms with Crippen LogP contribution in [0.1, 0.15) is 22.1 Å². The van der Waals surface area contributed by atoms with Gasteiger partial charge in [-0.1, -0.05) is 18.2 Å². The second-order valence-electron chi connectivity index (χ2n) is 3.99. The molecular formula is C15H13N3O2. The van der Waals surface area contributed by atoms with E-state index in [-0.39, 0.29) is 5.91 Å². The Balaban J connectivity index is 2.20. The van der Waals surface area contributed by atoms with Gasteiger partial charge in [0.2, 0.25) is 0 Å². The van der Waals surface area contributed by atoms with Gasteiger partial charge in [0.1, 0.15) is 5.75 Å². The molecule has 0 aliphatic rings. The fourth-order valence-electron chi connectivity index (χ4n) is 1.76. The summed E-state index contributed by atoms with van der Waals surface area (Å²) in [7, 11) is 1.49. The number of carbonyl (C=O) groups excluding carboxylic acids is 1. The van der Waals surface area contributed by atoms with Crippen molar-refractivity contribution >= 4 is 5.91 Å². The Hall–Kier alpha value is -2.87. The minimum Gasteiger partial charge on any atom is -0.496 e. The van der Waals surface area contributed by atoms with E-state index in [9.17, 15) is 4.79 Å². The highest BCUT2D eigenvalue weighted by Gasteiger charge is 2.18. The van der Waals surface area contributed by atoms with E-state index < -0.39 is 6.04 Å². The molecule has 1 atom stereocenters. The van der Waals surface area contributed by atoms with Gasteiger partial charge in [0.25, 0.3) is 5.91 Å². The minimum atomic E-state index is -0.798. The van der Waals surface area contributed by atoms with Crippen molar-refractivity contribution in [2.75, 3.05) is 7.11 Å². The number of methoxy groups -OCH3 is 1. The number of hydrogen-bond donors (Lipinski definition) is 1. The first-order valence-electron chi connectivity index (χ1n) is 6.00.